The van der Waals surface area contributed by atoms with E-state index in [9.17, 15) is 10.1 Å². The fourth-order valence-electron chi connectivity index (χ4n) is 2.82. The summed E-state index contributed by atoms with van der Waals surface area (Å²) >= 11 is 0. The van der Waals surface area contributed by atoms with Crippen LogP contribution in [0.25, 0.3) is 0 Å². The number of hydrogen-bond acceptors (Lipinski definition) is 4. The summed E-state index contributed by atoms with van der Waals surface area (Å²) in [6.45, 7) is 3.32. The zero-order valence-corrected chi connectivity index (χ0v) is 10.9. The van der Waals surface area contributed by atoms with E-state index in [4.69, 9.17) is 11.5 Å². The Hall–Kier alpha value is -1.12. The van der Waals surface area contributed by atoms with E-state index in [1.54, 1.807) is 0 Å². The molecule has 0 bridgehead atoms. The highest BCUT2D eigenvalue weighted by Crippen LogP contribution is 2.39. The molecule has 1 aliphatic carbocycles. The number of nitrogens with two attached hydrogens (primary N) is 2. The summed E-state index contributed by atoms with van der Waals surface area (Å²) < 4.78 is 0. The van der Waals surface area contributed by atoms with Crippen molar-refractivity contribution < 1.29 is 4.79 Å². The molecule has 2 fully saturated rings. The van der Waals surface area contributed by atoms with E-state index in [0.29, 0.717) is 25.0 Å². The van der Waals surface area contributed by atoms with Crippen LogP contribution in [-0.2, 0) is 4.79 Å². The van der Waals surface area contributed by atoms with E-state index >= 15 is 0 Å². The summed E-state index contributed by atoms with van der Waals surface area (Å²) in [6, 6.07) is 2.64. The second kappa shape index (κ2) is 4.87. The minimum atomic E-state index is -0.756. The fourth-order valence-corrected chi connectivity index (χ4v) is 2.82. The molecule has 1 amide bonds. The third kappa shape index (κ3) is 2.65. The van der Waals surface area contributed by atoms with Crippen molar-refractivity contribution in [1.29, 1.82) is 5.26 Å². The number of nitriles is 1. The molecule has 0 radical (unpaired) electrons. The van der Waals surface area contributed by atoms with Crippen LogP contribution in [0, 0.1) is 23.2 Å². The number of nitrogens with zero attached hydrogens (tertiary/aromatic N) is 2. The highest BCUT2D eigenvalue weighted by molar-refractivity contribution is 5.77. The molecule has 2 rings (SSSR count). The average Bonchev–Trinajstić information content (AvgIpc) is 3.15. The Morgan fingerprint density at radius 2 is 2.11 bits per heavy atom. The van der Waals surface area contributed by atoms with Gasteiger partial charge in [0.15, 0.2) is 0 Å². The van der Waals surface area contributed by atoms with Crippen LogP contribution in [0.3, 0.4) is 0 Å². The number of carbonyl (C=O) groups is 1. The second-order valence-electron chi connectivity index (χ2n) is 5.88. The lowest BCUT2D eigenvalue weighted by molar-refractivity contribution is -0.124. The Labute approximate surface area is 108 Å². The van der Waals surface area contributed by atoms with Crippen LogP contribution in [-0.4, -0.2) is 35.5 Å². The van der Waals surface area contributed by atoms with E-state index in [0.717, 1.165) is 25.7 Å². The second-order valence-corrected chi connectivity index (χ2v) is 5.88. The molecule has 0 aromatic heterocycles. The Morgan fingerprint density at radius 3 is 2.61 bits per heavy atom. The average molecular weight is 250 g/mol. The van der Waals surface area contributed by atoms with Gasteiger partial charge in [0.2, 0.25) is 5.91 Å². The van der Waals surface area contributed by atoms with E-state index in [-0.39, 0.29) is 11.8 Å². The SMILES string of the molecule is CC1CCC(C(N)=O)CN1CC(N)(C#N)C1CC1. The molecule has 5 nitrogen and oxygen atoms in total. The van der Waals surface area contributed by atoms with Crippen LogP contribution in [0.15, 0.2) is 0 Å². The minimum absolute atomic E-state index is 0.0941. The Bertz CT molecular complexity index is 374. The maximum Gasteiger partial charge on any atom is 0.221 e. The van der Waals surface area contributed by atoms with E-state index in [1.165, 1.54) is 0 Å². The lowest BCUT2D eigenvalue weighted by Gasteiger charge is -2.40. The summed E-state index contributed by atoms with van der Waals surface area (Å²) in [6.07, 6.45) is 3.89. The zero-order valence-electron chi connectivity index (χ0n) is 10.9. The maximum atomic E-state index is 11.3. The van der Waals surface area contributed by atoms with Crippen molar-refractivity contribution in [2.24, 2.45) is 23.3 Å². The molecule has 1 saturated heterocycles. The molecule has 0 spiro atoms. The monoisotopic (exact) mass is 250 g/mol. The first-order valence-corrected chi connectivity index (χ1v) is 6.70. The predicted octanol–water partition coefficient (Wildman–Crippen LogP) is 0.203. The van der Waals surface area contributed by atoms with Crippen molar-refractivity contribution >= 4 is 5.91 Å². The predicted molar refractivity (Wildman–Crippen MR) is 68.2 cm³/mol. The van der Waals surface area contributed by atoms with Crippen LogP contribution in [0.5, 0.6) is 0 Å². The number of primary amides is 1. The highest BCUT2D eigenvalue weighted by Gasteiger charge is 2.45. The molecule has 3 atom stereocenters. The van der Waals surface area contributed by atoms with Crippen molar-refractivity contribution in [2.45, 2.75) is 44.2 Å². The van der Waals surface area contributed by atoms with E-state index in [1.807, 2.05) is 0 Å². The molecule has 1 heterocycles. The van der Waals surface area contributed by atoms with Gasteiger partial charge < -0.3 is 11.5 Å². The summed E-state index contributed by atoms with van der Waals surface area (Å²) in [4.78, 5) is 13.5. The lowest BCUT2D eigenvalue weighted by atomic mass is 9.89. The number of amides is 1. The molecular weight excluding hydrogens is 228 g/mol. The number of hydrogen-bond donors (Lipinski definition) is 2. The number of piperidine rings is 1. The van der Waals surface area contributed by atoms with Gasteiger partial charge in [-0.15, -0.1) is 0 Å². The Balaban J connectivity index is 2.02. The van der Waals surface area contributed by atoms with Crippen molar-refractivity contribution in [3.63, 3.8) is 0 Å². The molecule has 100 valence electrons. The van der Waals surface area contributed by atoms with Crippen LogP contribution < -0.4 is 11.5 Å². The molecule has 2 aliphatic rings. The Kier molecular flexibility index (Phi) is 3.60. The van der Waals surface area contributed by atoms with Gasteiger partial charge >= 0.3 is 0 Å². The minimum Gasteiger partial charge on any atom is -0.369 e. The topological polar surface area (TPSA) is 96.1 Å². The van der Waals surface area contributed by atoms with Crippen molar-refractivity contribution in [1.82, 2.24) is 4.90 Å². The van der Waals surface area contributed by atoms with Gasteiger partial charge in [-0.3, -0.25) is 9.69 Å². The van der Waals surface area contributed by atoms with E-state index < -0.39 is 5.54 Å². The first-order valence-electron chi connectivity index (χ1n) is 6.70. The summed E-state index contributed by atoms with van der Waals surface area (Å²) in [7, 11) is 0. The summed E-state index contributed by atoms with van der Waals surface area (Å²) in [5.74, 6) is -0.00935. The van der Waals surface area contributed by atoms with Crippen LogP contribution >= 0.6 is 0 Å². The molecular formula is C13H22N4O. The van der Waals surface area contributed by atoms with Crippen molar-refractivity contribution in [2.75, 3.05) is 13.1 Å². The van der Waals surface area contributed by atoms with Gasteiger partial charge in [0.25, 0.3) is 0 Å². The standard InChI is InChI=1S/C13H22N4O/c1-9-2-3-10(12(15)18)6-17(9)8-13(16,7-14)11-4-5-11/h9-11H,2-6,8,16H2,1H3,(H2,15,18). The van der Waals surface area contributed by atoms with Gasteiger partial charge in [0, 0.05) is 19.1 Å². The highest BCUT2D eigenvalue weighted by atomic mass is 16.1. The summed E-state index contributed by atoms with van der Waals surface area (Å²) in [5.41, 5.74) is 10.8. The normalized spacial score (nSPS) is 32.5. The number of likely N-dealkylation sites (tertiary alicyclic amines) is 1. The molecule has 4 N–H and O–H groups in total. The van der Waals surface area contributed by atoms with Crippen molar-refractivity contribution in [3.8, 4) is 6.07 Å². The fraction of sp³-hybridized carbons (Fsp3) is 0.846. The van der Waals surface area contributed by atoms with Gasteiger partial charge in [0.05, 0.1) is 12.0 Å². The first-order chi connectivity index (χ1) is 8.46. The number of carbonyl (C=O) groups excluding carboxylic acids is 1. The quantitative estimate of drug-likeness (QED) is 0.745. The third-order valence-corrected chi connectivity index (χ3v) is 4.39. The first kappa shape index (κ1) is 13.3. The molecule has 3 unspecified atom stereocenters. The molecule has 1 saturated carbocycles. The number of rotatable bonds is 4. The maximum absolute atomic E-state index is 11.3. The van der Waals surface area contributed by atoms with Crippen LogP contribution in [0.4, 0.5) is 0 Å². The van der Waals surface area contributed by atoms with Crippen molar-refractivity contribution in [3.05, 3.63) is 0 Å². The smallest absolute Gasteiger partial charge is 0.221 e. The van der Waals surface area contributed by atoms with Crippen LogP contribution in [0.1, 0.15) is 32.6 Å². The van der Waals surface area contributed by atoms with Gasteiger partial charge in [-0.05, 0) is 38.5 Å². The van der Waals surface area contributed by atoms with E-state index in [2.05, 4.69) is 17.9 Å². The van der Waals surface area contributed by atoms with Gasteiger partial charge in [-0.25, -0.2) is 0 Å². The van der Waals surface area contributed by atoms with Gasteiger partial charge in [-0.2, -0.15) is 5.26 Å². The third-order valence-electron chi connectivity index (χ3n) is 4.39. The largest absolute Gasteiger partial charge is 0.369 e. The molecule has 5 heteroatoms. The Morgan fingerprint density at radius 1 is 1.44 bits per heavy atom. The molecule has 18 heavy (non-hydrogen) atoms. The van der Waals surface area contributed by atoms with Crippen LogP contribution in [0.2, 0.25) is 0 Å². The molecule has 0 aromatic carbocycles. The zero-order chi connectivity index (χ0) is 13.3. The lowest BCUT2D eigenvalue weighted by Crippen LogP contribution is -2.56. The summed E-state index contributed by atoms with van der Waals surface area (Å²) in [5, 5.41) is 9.29. The molecule has 0 aromatic rings. The van der Waals surface area contributed by atoms with Gasteiger partial charge in [-0.1, -0.05) is 0 Å². The van der Waals surface area contributed by atoms with Gasteiger partial charge in [0.1, 0.15) is 5.54 Å². The molecule has 1 aliphatic heterocycles.